The third-order valence-electron chi connectivity index (χ3n) is 4.73. The zero-order valence-corrected chi connectivity index (χ0v) is 15.0. The summed E-state index contributed by atoms with van der Waals surface area (Å²) < 4.78 is 0. The van der Waals surface area contributed by atoms with E-state index in [1.54, 1.807) is 11.3 Å². The number of thiophene rings is 1. The highest BCUT2D eigenvalue weighted by atomic mass is 32.1. The Morgan fingerprint density at radius 1 is 1.16 bits per heavy atom. The number of hydrogen-bond acceptors (Lipinski definition) is 4. The molecule has 0 aliphatic carbocycles. The molecule has 1 N–H and O–H groups in total. The quantitative estimate of drug-likeness (QED) is 0.766. The van der Waals surface area contributed by atoms with Crippen LogP contribution in [0.25, 0.3) is 11.0 Å². The third kappa shape index (κ3) is 3.91. The summed E-state index contributed by atoms with van der Waals surface area (Å²) in [7, 11) is 0. The third-order valence-corrected chi connectivity index (χ3v) is 5.46. The largest absolute Gasteiger partial charge is 0.342 e. The van der Waals surface area contributed by atoms with E-state index in [0.29, 0.717) is 12.8 Å². The van der Waals surface area contributed by atoms with Crippen molar-refractivity contribution in [2.45, 2.75) is 19.4 Å². The summed E-state index contributed by atoms with van der Waals surface area (Å²) in [5.74, 6) is 1.13. The molecule has 6 heteroatoms. The van der Waals surface area contributed by atoms with E-state index in [2.05, 4.69) is 31.7 Å². The molecule has 0 radical (unpaired) electrons. The van der Waals surface area contributed by atoms with Gasteiger partial charge in [0.25, 0.3) is 0 Å². The van der Waals surface area contributed by atoms with E-state index in [0.717, 1.165) is 49.6 Å². The normalized spacial score (nSPS) is 15.8. The van der Waals surface area contributed by atoms with Crippen molar-refractivity contribution >= 4 is 28.3 Å². The Morgan fingerprint density at radius 3 is 2.76 bits per heavy atom. The fraction of sp³-hybridized carbons (Fsp3) is 0.368. The zero-order valence-electron chi connectivity index (χ0n) is 14.1. The number of hydrogen-bond donors (Lipinski definition) is 1. The van der Waals surface area contributed by atoms with Crippen LogP contribution in [0.2, 0.25) is 0 Å². The van der Waals surface area contributed by atoms with Gasteiger partial charge >= 0.3 is 0 Å². The molecule has 0 bridgehead atoms. The number of aromatic nitrogens is 2. The lowest BCUT2D eigenvalue weighted by Crippen LogP contribution is -2.48. The molecule has 3 heterocycles. The maximum atomic E-state index is 12.5. The van der Waals surface area contributed by atoms with Crippen molar-refractivity contribution in [1.29, 1.82) is 0 Å². The van der Waals surface area contributed by atoms with Crippen molar-refractivity contribution < 1.29 is 4.79 Å². The number of aryl methyl sites for hydroxylation is 1. The SMILES string of the molecule is O=C(CCc1nc2ccccc2[nH]1)N1CCN(Cc2ccsc2)CC1. The van der Waals surface area contributed by atoms with Crippen LogP contribution in [0.15, 0.2) is 41.1 Å². The number of rotatable bonds is 5. The molecule has 1 aromatic carbocycles. The van der Waals surface area contributed by atoms with E-state index in [4.69, 9.17) is 0 Å². The van der Waals surface area contributed by atoms with Crippen LogP contribution in [0.4, 0.5) is 0 Å². The summed E-state index contributed by atoms with van der Waals surface area (Å²) in [4.78, 5) is 24.7. The number of H-pyrrole nitrogens is 1. The molecule has 2 aromatic heterocycles. The molecule has 0 atom stereocenters. The van der Waals surface area contributed by atoms with Crippen molar-refractivity contribution in [1.82, 2.24) is 19.8 Å². The second-order valence-electron chi connectivity index (χ2n) is 6.49. The second kappa shape index (κ2) is 7.37. The monoisotopic (exact) mass is 354 g/mol. The molecular formula is C19H22N4OS. The fourth-order valence-corrected chi connectivity index (χ4v) is 3.96. The Morgan fingerprint density at radius 2 is 2.00 bits per heavy atom. The van der Waals surface area contributed by atoms with E-state index in [9.17, 15) is 4.79 Å². The maximum absolute atomic E-state index is 12.5. The highest BCUT2D eigenvalue weighted by molar-refractivity contribution is 7.07. The number of carbonyl (C=O) groups is 1. The highest BCUT2D eigenvalue weighted by Crippen LogP contribution is 2.14. The minimum atomic E-state index is 0.232. The van der Waals surface area contributed by atoms with E-state index in [1.165, 1.54) is 5.56 Å². The van der Waals surface area contributed by atoms with Gasteiger partial charge < -0.3 is 9.88 Å². The Balaban J connectivity index is 1.26. The molecule has 25 heavy (non-hydrogen) atoms. The minimum absolute atomic E-state index is 0.232. The van der Waals surface area contributed by atoms with Gasteiger partial charge in [0.05, 0.1) is 11.0 Å². The van der Waals surface area contributed by atoms with E-state index in [-0.39, 0.29) is 5.91 Å². The van der Waals surface area contributed by atoms with Gasteiger partial charge in [0.15, 0.2) is 0 Å². The summed E-state index contributed by atoms with van der Waals surface area (Å²) in [5.41, 5.74) is 3.37. The van der Waals surface area contributed by atoms with Crippen molar-refractivity contribution in [2.75, 3.05) is 26.2 Å². The topological polar surface area (TPSA) is 52.2 Å². The summed E-state index contributed by atoms with van der Waals surface area (Å²) in [6.07, 6.45) is 1.19. The van der Waals surface area contributed by atoms with Gasteiger partial charge in [-0.3, -0.25) is 9.69 Å². The summed E-state index contributed by atoms with van der Waals surface area (Å²) in [6, 6.07) is 10.2. The Labute approximate surface area is 151 Å². The smallest absolute Gasteiger partial charge is 0.223 e. The number of piperazine rings is 1. The predicted molar refractivity (Wildman–Crippen MR) is 101 cm³/mol. The predicted octanol–water partition coefficient (Wildman–Crippen LogP) is 2.90. The van der Waals surface area contributed by atoms with E-state index >= 15 is 0 Å². The van der Waals surface area contributed by atoms with Gasteiger partial charge in [-0.05, 0) is 34.5 Å². The van der Waals surface area contributed by atoms with Gasteiger partial charge in [0.1, 0.15) is 5.82 Å². The van der Waals surface area contributed by atoms with Crippen LogP contribution in [0.5, 0.6) is 0 Å². The first-order valence-electron chi connectivity index (χ1n) is 8.73. The van der Waals surface area contributed by atoms with Crippen molar-refractivity contribution in [3.8, 4) is 0 Å². The lowest BCUT2D eigenvalue weighted by molar-refractivity contribution is -0.133. The Kier molecular flexibility index (Phi) is 4.81. The molecular weight excluding hydrogens is 332 g/mol. The lowest BCUT2D eigenvalue weighted by Gasteiger charge is -2.34. The number of imidazole rings is 1. The van der Waals surface area contributed by atoms with Crippen LogP contribution < -0.4 is 0 Å². The molecule has 1 fully saturated rings. The van der Waals surface area contributed by atoms with E-state index in [1.807, 2.05) is 29.2 Å². The van der Waals surface area contributed by atoms with Crippen LogP contribution in [0.1, 0.15) is 17.8 Å². The van der Waals surface area contributed by atoms with Gasteiger partial charge in [-0.2, -0.15) is 11.3 Å². The van der Waals surface area contributed by atoms with Gasteiger partial charge in [-0.1, -0.05) is 12.1 Å². The maximum Gasteiger partial charge on any atom is 0.223 e. The van der Waals surface area contributed by atoms with Crippen molar-refractivity contribution in [2.24, 2.45) is 0 Å². The van der Waals surface area contributed by atoms with Crippen LogP contribution in [0.3, 0.4) is 0 Å². The number of nitrogens with zero attached hydrogens (tertiary/aromatic N) is 3. The number of benzene rings is 1. The molecule has 3 aromatic rings. The van der Waals surface area contributed by atoms with Crippen LogP contribution >= 0.6 is 11.3 Å². The summed E-state index contributed by atoms with van der Waals surface area (Å²) in [6.45, 7) is 4.54. The van der Waals surface area contributed by atoms with Crippen LogP contribution in [-0.2, 0) is 17.8 Å². The average Bonchev–Trinajstić information content (AvgIpc) is 3.29. The number of nitrogens with one attached hydrogen (secondary N) is 1. The van der Waals surface area contributed by atoms with Gasteiger partial charge in [0.2, 0.25) is 5.91 Å². The number of para-hydroxylation sites is 2. The molecule has 1 saturated heterocycles. The molecule has 1 aliphatic heterocycles. The Hall–Kier alpha value is -2.18. The first-order valence-corrected chi connectivity index (χ1v) is 9.67. The Bertz CT molecular complexity index is 801. The molecule has 0 saturated carbocycles. The van der Waals surface area contributed by atoms with Crippen molar-refractivity contribution in [3.05, 3.63) is 52.5 Å². The molecule has 1 amide bonds. The molecule has 0 unspecified atom stereocenters. The zero-order chi connectivity index (χ0) is 17.1. The first kappa shape index (κ1) is 16.3. The van der Waals surface area contributed by atoms with Crippen molar-refractivity contribution in [3.63, 3.8) is 0 Å². The molecule has 5 nitrogen and oxygen atoms in total. The average molecular weight is 354 g/mol. The molecule has 0 spiro atoms. The van der Waals surface area contributed by atoms with E-state index < -0.39 is 0 Å². The summed E-state index contributed by atoms with van der Waals surface area (Å²) >= 11 is 1.74. The van der Waals surface area contributed by atoms with Crippen LogP contribution in [0, 0.1) is 0 Å². The number of amides is 1. The first-order chi connectivity index (χ1) is 12.3. The molecule has 1 aliphatic rings. The standard InChI is InChI=1S/C19H22N4OS/c24-19(6-5-18-20-16-3-1-2-4-17(16)21-18)23-10-8-22(9-11-23)13-15-7-12-25-14-15/h1-4,7,12,14H,5-6,8-11,13H2,(H,20,21). The summed E-state index contributed by atoms with van der Waals surface area (Å²) in [5, 5.41) is 4.32. The molecule has 130 valence electrons. The fourth-order valence-electron chi connectivity index (χ4n) is 3.30. The van der Waals surface area contributed by atoms with Gasteiger partial charge in [-0.15, -0.1) is 0 Å². The van der Waals surface area contributed by atoms with Gasteiger partial charge in [0, 0.05) is 45.6 Å². The van der Waals surface area contributed by atoms with Crippen LogP contribution in [-0.4, -0.2) is 51.9 Å². The second-order valence-corrected chi connectivity index (χ2v) is 7.27. The highest BCUT2D eigenvalue weighted by Gasteiger charge is 2.21. The number of fused-ring (bicyclic) bond motifs is 1. The number of aromatic amines is 1. The van der Waals surface area contributed by atoms with Gasteiger partial charge in [-0.25, -0.2) is 4.98 Å². The lowest BCUT2D eigenvalue weighted by atomic mass is 10.2. The number of carbonyl (C=O) groups excluding carboxylic acids is 1. The molecule has 4 rings (SSSR count). The minimum Gasteiger partial charge on any atom is -0.342 e.